The Kier molecular flexibility index (Phi) is 5.63. The Morgan fingerprint density at radius 3 is 2.52 bits per heavy atom. The maximum atomic E-state index is 12.9. The molecule has 11 heteroatoms. The molecule has 0 atom stereocenters. The van der Waals surface area contributed by atoms with Crippen molar-refractivity contribution in [3.8, 4) is 5.88 Å². The number of rotatable bonds is 5. The van der Waals surface area contributed by atoms with Crippen molar-refractivity contribution in [1.82, 2.24) is 14.3 Å². The van der Waals surface area contributed by atoms with Gasteiger partial charge in [-0.15, -0.1) is 11.3 Å². The average Bonchev–Trinajstić information content (AvgIpc) is 3.17. The van der Waals surface area contributed by atoms with Crippen LogP contribution in [0.25, 0.3) is 0 Å². The van der Waals surface area contributed by atoms with Gasteiger partial charge in [0.2, 0.25) is 15.9 Å². The fourth-order valence-corrected chi connectivity index (χ4v) is 5.56. The third kappa shape index (κ3) is 3.89. The summed E-state index contributed by atoms with van der Waals surface area (Å²) in [7, 11) is -1.00. The number of hydrogen-bond acceptors (Lipinski definition) is 9. The van der Waals surface area contributed by atoms with Gasteiger partial charge in [-0.2, -0.15) is 9.29 Å². The Morgan fingerprint density at radius 2 is 1.89 bits per heavy atom. The number of methoxy groups -OCH3 is 2. The van der Waals surface area contributed by atoms with E-state index >= 15 is 0 Å². The molecule has 1 fully saturated rings. The van der Waals surface area contributed by atoms with E-state index in [1.165, 1.54) is 24.6 Å². The molecule has 0 bridgehead atoms. The Bertz CT molecular complexity index is 936. The van der Waals surface area contributed by atoms with Gasteiger partial charge >= 0.3 is 5.97 Å². The summed E-state index contributed by atoms with van der Waals surface area (Å²) in [6.45, 7) is 3.28. The van der Waals surface area contributed by atoms with Crippen molar-refractivity contribution in [2.24, 2.45) is 0 Å². The van der Waals surface area contributed by atoms with Gasteiger partial charge in [0.1, 0.15) is 21.4 Å². The number of thiophene rings is 1. The Morgan fingerprint density at radius 1 is 1.19 bits per heavy atom. The first kappa shape index (κ1) is 19.5. The van der Waals surface area contributed by atoms with Crippen molar-refractivity contribution in [3.63, 3.8) is 0 Å². The highest BCUT2D eigenvalue weighted by atomic mass is 32.2. The number of carbonyl (C=O) groups excluding carboxylic acids is 1. The topological polar surface area (TPSA) is 102 Å². The van der Waals surface area contributed by atoms with Gasteiger partial charge in [-0.05, 0) is 18.4 Å². The van der Waals surface area contributed by atoms with Gasteiger partial charge in [0, 0.05) is 32.2 Å². The first-order valence-electron chi connectivity index (χ1n) is 8.17. The van der Waals surface area contributed by atoms with Crippen molar-refractivity contribution in [3.05, 3.63) is 28.2 Å². The molecule has 27 heavy (non-hydrogen) atoms. The zero-order valence-corrected chi connectivity index (χ0v) is 16.8. The van der Waals surface area contributed by atoms with E-state index in [-0.39, 0.29) is 22.9 Å². The molecule has 0 unspecified atom stereocenters. The first-order valence-corrected chi connectivity index (χ1v) is 10.5. The van der Waals surface area contributed by atoms with Gasteiger partial charge in [-0.25, -0.2) is 18.2 Å². The SMILES string of the molecule is COC(=O)c1sccc1S(=O)(=O)N1CCN(c2cc(OC)nc(C)n2)CC1. The van der Waals surface area contributed by atoms with Crippen LogP contribution < -0.4 is 9.64 Å². The number of esters is 1. The second-order valence-corrected chi connectivity index (χ2v) is 8.63. The number of sulfonamides is 1. The predicted molar refractivity (Wildman–Crippen MR) is 100.0 cm³/mol. The lowest BCUT2D eigenvalue weighted by molar-refractivity contribution is 0.0602. The lowest BCUT2D eigenvalue weighted by atomic mass is 10.3. The maximum absolute atomic E-state index is 12.9. The molecule has 0 radical (unpaired) electrons. The second-order valence-electron chi connectivity index (χ2n) is 5.81. The highest BCUT2D eigenvalue weighted by Gasteiger charge is 2.33. The van der Waals surface area contributed by atoms with Gasteiger partial charge in [0.25, 0.3) is 0 Å². The molecule has 2 aromatic rings. The van der Waals surface area contributed by atoms with Crippen LogP contribution in [0.2, 0.25) is 0 Å². The minimum atomic E-state index is -3.77. The third-order valence-electron chi connectivity index (χ3n) is 4.19. The van der Waals surface area contributed by atoms with E-state index in [0.717, 1.165) is 11.3 Å². The van der Waals surface area contributed by atoms with Crippen LogP contribution in [0.15, 0.2) is 22.4 Å². The molecule has 1 aliphatic rings. The monoisotopic (exact) mass is 412 g/mol. The largest absolute Gasteiger partial charge is 0.481 e. The van der Waals surface area contributed by atoms with E-state index in [9.17, 15) is 13.2 Å². The summed E-state index contributed by atoms with van der Waals surface area (Å²) in [5.74, 6) is 1.10. The van der Waals surface area contributed by atoms with Gasteiger partial charge in [0.05, 0.1) is 14.2 Å². The van der Waals surface area contributed by atoms with E-state index < -0.39 is 16.0 Å². The number of aromatic nitrogens is 2. The fourth-order valence-electron chi connectivity index (χ4n) is 2.83. The van der Waals surface area contributed by atoms with E-state index in [2.05, 4.69) is 14.7 Å². The number of hydrogen-bond donors (Lipinski definition) is 0. The van der Waals surface area contributed by atoms with Crippen LogP contribution in [0, 0.1) is 6.92 Å². The van der Waals surface area contributed by atoms with Gasteiger partial charge in [-0.1, -0.05) is 0 Å². The highest BCUT2D eigenvalue weighted by Crippen LogP contribution is 2.27. The minimum Gasteiger partial charge on any atom is -0.481 e. The summed E-state index contributed by atoms with van der Waals surface area (Å²) < 4.78 is 37.1. The first-order chi connectivity index (χ1) is 12.9. The molecule has 1 aliphatic heterocycles. The number of anilines is 1. The molecular weight excluding hydrogens is 392 g/mol. The molecule has 3 heterocycles. The van der Waals surface area contributed by atoms with Gasteiger partial charge in [0.15, 0.2) is 0 Å². The summed E-state index contributed by atoms with van der Waals surface area (Å²) in [5.41, 5.74) is 0. The highest BCUT2D eigenvalue weighted by molar-refractivity contribution is 7.89. The molecule has 9 nitrogen and oxygen atoms in total. The van der Waals surface area contributed by atoms with Crippen LogP contribution >= 0.6 is 11.3 Å². The van der Waals surface area contributed by atoms with E-state index in [1.807, 2.05) is 4.90 Å². The smallest absolute Gasteiger partial charge is 0.349 e. The lowest BCUT2D eigenvalue weighted by Gasteiger charge is -2.34. The number of piperazine rings is 1. The summed E-state index contributed by atoms with van der Waals surface area (Å²) in [6.07, 6.45) is 0. The molecule has 146 valence electrons. The molecule has 0 aliphatic carbocycles. The fraction of sp³-hybridized carbons (Fsp3) is 0.438. The van der Waals surface area contributed by atoms with Crippen molar-refractivity contribution >= 4 is 33.1 Å². The van der Waals surface area contributed by atoms with E-state index in [4.69, 9.17) is 4.74 Å². The van der Waals surface area contributed by atoms with Crippen molar-refractivity contribution < 1.29 is 22.7 Å². The second kappa shape index (κ2) is 7.79. The molecular formula is C16H20N4O5S2. The number of ether oxygens (including phenoxy) is 2. The third-order valence-corrected chi connectivity index (χ3v) is 7.16. The zero-order valence-electron chi connectivity index (χ0n) is 15.2. The molecule has 0 aromatic carbocycles. The normalized spacial score (nSPS) is 15.6. The molecule has 0 amide bonds. The van der Waals surface area contributed by atoms with Crippen molar-refractivity contribution in [2.45, 2.75) is 11.8 Å². The van der Waals surface area contributed by atoms with Gasteiger partial charge < -0.3 is 14.4 Å². The molecule has 2 aromatic heterocycles. The summed E-state index contributed by atoms with van der Waals surface area (Å²) in [5, 5.41) is 1.57. The van der Waals surface area contributed by atoms with Crippen LogP contribution in [0.5, 0.6) is 5.88 Å². The zero-order chi connectivity index (χ0) is 19.6. The van der Waals surface area contributed by atoms with Crippen LogP contribution in [-0.2, 0) is 14.8 Å². The Balaban J connectivity index is 1.77. The number of aryl methyl sites for hydroxylation is 1. The van der Waals surface area contributed by atoms with Gasteiger partial charge in [-0.3, -0.25) is 0 Å². The lowest BCUT2D eigenvalue weighted by Crippen LogP contribution is -2.49. The number of carbonyl (C=O) groups is 1. The summed E-state index contributed by atoms with van der Waals surface area (Å²) >= 11 is 1.05. The standard InChI is InChI=1S/C16H20N4O5S2/c1-11-17-13(10-14(18-11)24-2)19-5-7-20(8-6-19)27(22,23)12-4-9-26-15(12)16(21)25-3/h4,9-10H,5-8H2,1-3H3. The van der Waals surface area contributed by atoms with E-state index in [1.54, 1.807) is 18.4 Å². The quantitative estimate of drug-likeness (QED) is 0.674. The molecule has 0 spiro atoms. The van der Waals surface area contributed by atoms with Crippen LogP contribution in [0.4, 0.5) is 5.82 Å². The maximum Gasteiger partial charge on any atom is 0.349 e. The molecule has 3 rings (SSSR count). The molecule has 1 saturated heterocycles. The van der Waals surface area contributed by atoms with Crippen molar-refractivity contribution in [1.29, 1.82) is 0 Å². The van der Waals surface area contributed by atoms with Crippen LogP contribution in [0.3, 0.4) is 0 Å². The Hall–Kier alpha value is -2.24. The minimum absolute atomic E-state index is 0.00708. The molecule has 0 N–H and O–H groups in total. The molecule has 0 saturated carbocycles. The van der Waals surface area contributed by atoms with E-state index in [0.29, 0.717) is 30.6 Å². The average molecular weight is 412 g/mol. The van der Waals surface area contributed by atoms with Crippen molar-refractivity contribution in [2.75, 3.05) is 45.3 Å². The number of nitrogens with zero attached hydrogens (tertiary/aromatic N) is 4. The van der Waals surface area contributed by atoms with Crippen LogP contribution in [0.1, 0.15) is 15.5 Å². The Labute approximate surface area is 161 Å². The predicted octanol–water partition coefficient (Wildman–Crippen LogP) is 1.15. The van der Waals surface area contributed by atoms with Crippen LogP contribution in [-0.4, -0.2) is 69.1 Å². The summed E-state index contributed by atoms with van der Waals surface area (Å²) in [6, 6.07) is 3.17. The summed E-state index contributed by atoms with van der Waals surface area (Å²) in [4.78, 5) is 22.5.